The molecule has 0 aliphatic carbocycles. The first-order valence-corrected chi connectivity index (χ1v) is 10.3. The van der Waals surface area contributed by atoms with Gasteiger partial charge in [0.1, 0.15) is 0 Å². The molecule has 0 spiro atoms. The van der Waals surface area contributed by atoms with Crippen molar-refractivity contribution >= 4 is 29.9 Å². The minimum absolute atomic E-state index is 0. The maximum absolute atomic E-state index is 9.88. The molecule has 0 radical (unpaired) electrons. The quantitative estimate of drug-likeness (QED) is 0.365. The van der Waals surface area contributed by atoms with Gasteiger partial charge in [-0.1, -0.05) is 6.42 Å². The molecule has 0 aromatic carbocycles. The molecule has 7 heteroatoms. The van der Waals surface area contributed by atoms with Crippen LogP contribution in [-0.4, -0.2) is 96.8 Å². The molecule has 152 valence electrons. The maximum Gasteiger partial charge on any atom is 0.194 e. The predicted molar refractivity (Wildman–Crippen MR) is 118 cm³/mol. The molecule has 0 aromatic heterocycles. The number of aliphatic imine (C=N–C) groups is 1. The Hall–Kier alpha value is -0.120. The van der Waals surface area contributed by atoms with Crippen molar-refractivity contribution in [2.24, 2.45) is 4.99 Å². The molecule has 3 heterocycles. The highest BCUT2D eigenvalue weighted by molar-refractivity contribution is 14.0. The summed E-state index contributed by atoms with van der Waals surface area (Å²) < 4.78 is 0. The number of hydrogen-bond donors (Lipinski definition) is 2. The topological polar surface area (TPSA) is 54.3 Å². The van der Waals surface area contributed by atoms with E-state index in [4.69, 9.17) is 4.99 Å². The number of aliphatic hydroxyl groups is 1. The van der Waals surface area contributed by atoms with Crippen molar-refractivity contribution < 1.29 is 5.11 Å². The van der Waals surface area contributed by atoms with Gasteiger partial charge in [-0.05, 0) is 72.3 Å². The number of halogens is 1. The van der Waals surface area contributed by atoms with Gasteiger partial charge in [-0.3, -0.25) is 9.89 Å². The Kier molecular flexibility index (Phi) is 8.90. The molecule has 6 nitrogen and oxygen atoms in total. The van der Waals surface area contributed by atoms with Crippen molar-refractivity contribution in [1.82, 2.24) is 20.0 Å². The second-order valence-corrected chi connectivity index (χ2v) is 8.13. The van der Waals surface area contributed by atoms with Gasteiger partial charge in [-0.15, -0.1) is 24.0 Å². The minimum atomic E-state index is -0.205. The summed E-state index contributed by atoms with van der Waals surface area (Å²) in [5, 5.41) is 13.3. The van der Waals surface area contributed by atoms with E-state index in [1.807, 2.05) is 0 Å². The van der Waals surface area contributed by atoms with Crippen LogP contribution in [0, 0.1) is 0 Å². The SMILES string of the molecule is CCNC(=NCC1(N2CCCCC2)CCN(C)CC1)N1CC[C@@H](O)C1.I. The highest BCUT2D eigenvalue weighted by Crippen LogP contribution is 2.31. The first-order chi connectivity index (χ1) is 12.1. The Morgan fingerprint density at radius 3 is 2.38 bits per heavy atom. The number of rotatable bonds is 4. The van der Waals surface area contributed by atoms with Crippen molar-refractivity contribution in [2.45, 2.75) is 57.1 Å². The molecule has 26 heavy (non-hydrogen) atoms. The molecule has 1 atom stereocenters. The summed E-state index contributed by atoms with van der Waals surface area (Å²) in [6, 6.07) is 0. The third-order valence-corrected chi connectivity index (χ3v) is 6.27. The van der Waals surface area contributed by atoms with Gasteiger partial charge in [-0.2, -0.15) is 0 Å². The molecule has 3 aliphatic heterocycles. The van der Waals surface area contributed by atoms with Gasteiger partial charge in [-0.25, -0.2) is 0 Å². The number of likely N-dealkylation sites (tertiary alicyclic amines) is 3. The Balaban J connectivity index is 0.00000243. The van der Waals surface area contributed by atoms with E-state index in [1.165, 1.54) is 58.3 Å². The van der Waals surface area contributed by atoms with Crippen LogP contribution in [0.25, 0.3) is 0 Å². The minimum Gasteiger partial charge on any atom is -0.391 e. The summed E-state index contributed by atoms with van der Waals surface area (Å²) in [7, 11) is 2.24. The highest BCUT2D eigenvalue weighted by atomic mass is 127. The molecule has 2 N–H and O–H groups in total. The number of guanidine groups is 1. The smallest absolute Gasteiger partial charge is 0.194 e. The lowest BCUT2D eigenvalue weighted by atomic mass is 9.84. The largest absolute Gasteiger partial charge is 0.391 e. The predicted octanol–water partition coefficient (Wildman–Crippen LogP) is 1.59. The molecule has 0 unspecified atom stereocenters. The third-order valence-electron chi connectivity index (χ3n) is 6.27. The van der Waals surface area contributed by atoms with Gasteiger partial charge in [0.25, 0.3) is 0 Å². The first-order valence-electron chi connectivity index (χ1n) is 10.3. The van der Waals surface area contributed by atoms with Crippen molar-refractivity contribution in [3.63, 3.8) is 0 Å². The standard InChI is InChI=1S/C19H37N5O.HI/c1-3-20-18(23-12-7-17(25)15-23)21-16-19(8-13-22(2)14-9-19)24-10-5-4-6-11-24;/h17,25H,3-16H2,1-2H3,(H,20,21);1H/t17-;/m1./s1. The number of aliphatic hydroxyl groups excluding tert-OH is 1. The fourth-order valence-corrected chi connectivity index (χ4v) is 4.56. The number of nitrogens with one attached hydrogen (secondary N) is 1. The second kappa shape index (κ2) is 10.4. The fraction of sp³-hybridized carbons (Fsp3) is 0.947. The molecule has 3 aliphatic rings. The summed E-state index contributed by atoms with van der Waals surface area (Å²) in [5.41, 5.74) is 0.228. The number of nitrogens with zero attached hydrogens (tertiary/aromatic N) is 4. The van der Waals surface area contributed by atoms with Crippen LogP contribution in [-0.2, 0) is 0 Å². The summed E-state index contributed by atoms with van der Waals surface area (Å²) in [5.74, 6) is 0.995. The maximum atomic E-state index is 9.88. The average Bonchev–Trinajstić information content (AvgIpc) is 3.07. The van der Waals surface area contributed by atoms with Crippen molar-refractivity contribution in [1.29, 1.82) is 0 Å². The van der Waals surface area contributed by atoms with Gasteiger partial charge in [0.2, 0.25) is 0 Å². The summed E-state index contributed by atoms with van der Waals surface area (Å²) in [4.78, 5) is 12.5. The molecule has 0 bridgehead atoms. The molecule has 0 aromatic rings. The molecule has 3 rings (SSSR count). The van der Waals surface area contributed by atoms with E-state index in [-0.39, 0.29) is 35.6 Å². The van der Waals surface area contributed by atoms with E-state index in [1.54, 1.807) is 0 Å². The van der Waals surface area contributed by atoms with Gasteiger partial charge < -0.3 is 20.2 Å². The fourth-order valence-electron chi connectivity index (χ4n) is 4.56. The zero-order valence-electron chi connectivity index (χ0n) is 16.6. The Labute approximate surface area is 176 Å². The molecule has 3 fully saturated rings. The van der Waals surface area contributed by atoms with E-state index in [0.29, 0.717) is 6.54 Å². The Morgan fingerprint density at radius 1 is 1.12 bits per heavy atom. The van der Waals surface area contributed by atoms with Crippen LogP contribution in [0.15, 0.2) is 4.99 Å². The van der Waals surface area contributed by atoms with Crippen LogP contribution < -0.4 is 5.32 Å². The summed E-state index contributed by atoms with van der Waals surface area (Å²) in [6.07, 6.45) is 7.13. The Bertz CT molecular complexity index is 447. The van der Waals surface area contributed by atoms with Crippen LogP contribution in [0.3, 0.4) is 0 Å². The lowest BCUT2D eigenvalue weighted by Gasteiger charge is -2.49. The average molecular weight is 479 g/mol. The zero-order chi connectivity index (χ0) is 17.7. The van der Waals surface area contributed by atoms with E-state index >= 15 is 0 Å². The summed E-state index contributed by atoms with van der Waals surface area (Å²) >= 11 is 0. The third kappa shape index (κ3) is 5.45. The van der Waals surface area contributed by atoms with Gasteiger partial charge in [0.15, 0.2) is 5.96 Å². The second-order valence-electron chi connectivity index (χ2n) is 8.13. The van der Waals surface area contributed by atoms with Crippen LogP contribution in [0.2, 0.25) is 0 Å². The van der Waals surface area contributed by atoms with Gasteiger partial charge in [0, 0.05) is 25.2 Å². The van der Waals surface area contributed by atoms with E-state index < -0.39 is 0 Å². The zero-order valence-corrected chi connectivity index (χ0v) is 19.0. The molecular weight excluding hydrogens is 441 g/mol. The molecular formula is C19H38IN5O. The molecule has 0 amide bonds. The van der Waals surface area contributed by atoms with Crippen molar-refractivity contribution in [3.8, 4) is 0 Å². The molecule has 0 saturated carbocycles. The first kappa shape index (κ1) is 22.2. The van der Waals surface area contributed by atoms with Gasteiger partial charge in [0.05, 0.1) is 12.6 Å². The van der Waals surface area contributed by atoms with E-state index in [2.05, 4.69) is 34.0 Å². The lowest BCUT2D eigenvalue weighted by molar-refractivity contribution is 0.0206. The van der Waals surface area contributed by atoms with Crippen LogP contribution in [0.1, 0.15) is 45.4 Å². The monoisotopic (exact) mass is 479 g/mol. The lowest BCUT2D eigenvalue weighted by Crippen LogP contribution is -2.58. The van der Waals surface area contributed by atoms with E-state index in [0.717, 1.165) is 32.0 Å². The normalized spacial score (nSPS) is 28.0. The van der Waals surface area contributed by atoms with Gasteiger partial charge >= 0.3 is 0 Å². The van der Waals surface area contributed by atoms with Crippen LogP contribution in [0.5, 0.6) is 0 Å². The Morgan fingerprint density at radius 2 is 1.81 bits per heavy atom. The van der Waals surface area contributed by atoms with Crippen molar-refractivity contribution in [3.05, 3.63) is 0 Å². The number of piperidine rings is 2. The molecule has 3 saturated heterocycles. The highest BCUT2D eigenvalue weighted by Gasteiger charge is 2.39. The summed E-state index contributed by atoms with van der Waals surface area (Å²) in [6.45, 7) is 10.3. The van der Waals surface area contributed by atoms with E-state index in [9.17, 15) is 5.11 Å². The number of β-amino-alcohol motifs (C(OH)–C–C–N with tert-alkyl or cyclic N) is 1. The van der Waals surface area contributed by atoms with Crippen LogP contribution >= 0.6 is 24.0 Å². The number of hydrogen-bond acceptors (Lipinski definition) is 4. The van der Waals surface area contributed by atoms with Crippen LogP contribution in [0.4, 0.5) is 0 Å². The van der Waals surface area contributed by atoms with Crippen molar-refractivity contribution in [2.75, 3.05) is 59.4 Å².